The molecule has 0 saturated heterocycles. The summed E-state index contributed by atoms with van der Waals surface area (Å²) in [4.78, 5) is 0. The van der Waals surface area contributed by atoms with Crippen LogP contribution >= 0.6 is 0 Å². The molecule has 0 aromatic heterocycles. The van der Waals surface area contributed by atoms with Gasteiger partial charge in [-0.2, -0.15) is 11.6 Å². The van der Waals surface area contributed by atoms with E-state index < -0.39 is 5.82 Å². The number of hydrogen-bond donors (Lipinski definition) is 0. The Morgan fingerprint density at radius 3 is 2.17 bits per heavy atom. The first-order valence-electron chi connectivity index (χ1n) is 5.44. The van der Waals surface area contributed by atoms with E-state index in [2.05, 4.69) is 6.07 Å². The molecule has 0 atom stereocenters. The molecular formula is C15H13F2Y-. The van der Waals surface area contributed by atoms with E-state index in [1.165, 1.54) is 12.1 Å². The fraction of sp³-hybridized carbons (Fsp3) is 0.200. The van der Waals surface area contributed by atoms with Crippen molar-refractivity contribution in [1.29, 1.82) is 0 Å². The Bertz CT molecular complexity index is 533. The Hall–Kier alpha value is -0.596. The van der Waals surface area contributed by atoms with E-state index in [-0.39, 0.29) is 38.5 Å². The Labute approximate surface area is 131 Å². The van der Waals surface area contributed by atoms with Gasteiger partial charge in [-0.15, -0.1) is 17.7 Å². The van der Waals surface area contributed by atoms with Crippen LogP contribution < -0.4 is 0 Å². The van der Waals surface area contributed by atoms with Crippen LogP contribution in [0.15, 0.2) is 24.3 Å². The first kappa shape index (κ1) is 15.5. The zero-order valence-electron chi connectivity index (χ0n) is 10.6. The van der Waals surface area contributed by atoms with Gasteiger partial charge in [0.15, 0.2) is 0 Å². The maximum Gasteiger partial charge on any atom is 0.129 e. The van der Waals surface area contributed by atoms with Gasteiger partial charge in [0.25, 0.3) is 0 Å². The third-order valence-corrected chi connectivity index (χ3v) is 2.69. The summed E-state index contributed by atoms with van der Waals surface area (Å²) < 4.78 is 27.2. The SMILES string of the molecule is Cc1[c-]c(F)cc(-c2c(C)cc(C)cc2F)c1.[Y]. The minimum atomic E-state index is -0.459. The van der Waals surface area contributed by atoms with Crippen LogP contribution in [0.2, 0.25) is 0 Å². The molecule has 0 aliphatic rings. The summed E-state index contributed by atoms with van der Waals surface area (Å²) in [7, 11) is 0. The van der Waals surface area contributed by atoms with Crippen LogP contribution in [-0.4, -0.2) is 0 Å². The summed E-state index contributed by atoms with van der Waals surface area (Å²) in [5, 5.41) is 0. The third-order valence-electron chi connectivity index (χ3n) is 2.69. The maximum absolute atomic E-state index is 13.9. The van der Waals surface area contributed by atoms with E-state index >= 15 is 0 Å². The summed E-state index contributed by atoms with van der Waals surface area (Å²) in [6, 6.07) is 8.95. The molecule has 0 N–H and O–H groups in total. The molecule has 0 fully saturated rings. The topological polar surface area (TPSA) is 0 Å². The number of rotatable bonds is 1. The molecule has 2 aromatic rings. The van der Waals surface area contributed by atoms with Crippen LogP contribution in [0.5, 0.6) is 0 Å². The van der Waals surface area contributed by atoms with Gasteiger partial charge in [-0.05, 0) is 36.6 Å². The monoisotopic (exact) mass is 320 g/mol. The van der Waals surface area contributed by atoms with Crippen molar-refractivity contribution in [2.24, 2.45) is 0 Å². The Balaban J connectivity index is 0.00000162. The van der Waals surface area contributed by atoms with Gasteiger partial charge < -0.3 is 0 Å². The average molecular weight is 320 g/mol. The van der Waals surface area contributed by atoms with Crippen LogP contribution in [0.25, 0.3) is 11.1 Å². The number of halogens is 2. The molecule has 1 radical (unpaired) electrons. The van der Waals surface area contributed by atoms with E-state index in [1.54, 1.807) is 13.0 Å². The molecule has 0 aliphatic carbocycles. The molecule has 18 heavy (non-hydrogen) atoms. The second kappa shape index (κ2) is 6.03. The molecule has 0 heterocycles. The molecule has 91 valence electrons. The van der Waals surface area contributed by atoms with Gasteiger partial charge >= 0.3 is 0 Å². The quantitative estimate of drug-likeness (QED) is 0.685. The van der Waals surface area contributed by atoms with Gasteiger partial charge in [0, 0.05) is 38.5 Å². The van der Waals surface area contributed by atoms with Crippen molar-refractivity contribution in [2.45, 2.75) is 20.8 Å². The minimum Gasteiger partial charge on any atom is -0.236 e. The fourth-order valence-electron chi connectivity index (χ4n) is 2.10. The van der Waals surface area contributed by atoms with E-state index in [0.717, 1.165) is 11.1 Å². The van der Waals surface area contributed by atoms with Crippen molar-refractivity contribution in [3.8, 4) is 11.1 Å². The summed E-state index contributed by atoms with van der Waals surface area (Å²) in [6.07, 6.45) is 0. The fourth-order valence-corrected chi connectivity index (χ4v) is 2.10. The van der Waals surface area contributed by atoms with E-state index in [4.69, 9.17) is 0 Å². The first-order valence-corrected chi connectivity index (χ1v) is 5.44. The molecule has 0 spiro atoms. The van der Waals surface area contributed by atoms with Crippen LogP contribution in [0.4, 0.5) is 8.78 Å². The number of benzene rings is 2. The van der Waals surface area contributed by atoms with Gasteiger partial charge in [0.1, 0.15) is 5.82 Å². The second-order valence-corrected chi connectivity index (χ2v) is 4.34. The van der Waals surface area contributed by atoms with Crippen molar-refractivity contribution >= 4 is 0 Å². The Morgan fingerprint density at radius 2 is 1.61 bits per heavy atom. The zero-order chi connectivity index (χ0) is 12.6. The molecule has 0 amide bonds. The molecule has 0 aliphatic heterocycles. The Kier molecular flexibility index (Phi) is 5.18. The molecular weight excluding hydrogens is 307 g/mol. The van der Waals surface area contributed by atoms with Gasteiger partial charge in [-0.1, -0.05) is 13.0 Å². The molecule has 2 aromatic carbocycles. The van der Waals surface area contributed by atoms with E-state index in [9.17, 15) is 8.78 Å². The summed E-state index contributed by atoms with van der Waals surface area (Å²) in [5.41, 5.74) is 3.37. The third kappa shape index (κ3) is 3.24. The maximum atomic E-state index is 13.9. The summed E-state index contributed by atoms with van der Waals surface area (Å²) in [6.45, 7) is 5.41. The summed E-state index contributed by atoms with van der Waals surface area (Å²) >= 11 is 0. The predicted molar refractivity (Wildman–Crippen MR) is 64.8 cm³/mol. The molecule has 0 unspecified atom stereocenters. The van der Waals surface area contributed by atoms with Gasteiger partial charge in [0.2, 0.25) is 0 Å². The van der Waals surface area contributed by atoms with Crippen LogP contribution in [0.3, 0.4) is 0 Å². The minimum absolute atomic E-state index is 0. The van der Waals surface area contributed by atoms with Crippen LogP contribution in [-0.2, 0) is 32.7 Å². The molecule has 3 heteroatoms. The van der Waals surface area contributed by atoms with Gasteiger partial charge in [0.05, 0.1) is 0 Å². The Morgan fingerprint density at radius 1 is 0.944 bits per heavy atom. The van der Waals surface area contributed by atoms with E-state index in [1.807, 2.05) is 19.9 Å². The van der Waals surface area contributed by atoms with E-state index in [0.29, 0.717) is 16.7 Å². The van der Waals surface area contributed by atoms with Crippen molar-refractivity contribution < 1.29 is 41.5 Å². The summed E-state index contributed by atoms with van der Waals surface area (Å²) in [5.74, 6) is -0.771. The van der Waals surface area contributed by atoms with Crippen molar-refractivity contribution in [1.82, 2.24) is 0 Å². The first-order chi connectivity index (χ1) is 7.97. The average Bonchev–Trinajstić information content (AvgIpc) is 2.13. The van der Waals surface area contributed by atoms with Crippen LogP contribution in [0, 0.1) is 38.5 Å². The standard InChI is InChI=1S/C15H13F2.Y/c1-9-4-11(3)15(14(17)7-9)12-5-10(2)6-13(16)8-12;/h4-5,7-8H,1-3H3;/q-1;. The predicted octanol–water partition coefficient (Wildman–Crippen LogP) is 4.35. The van der Waals surface area contributed by atoms with Crippen molar-refractivity contribution in [3.63, 3.8) is 0 Å². The second-order valence-electron chi connectivity index (χ2n) is 4.34. The zero-order valence-corrected chi connectivity index (χ0v) is 13.5. The largest absolute Gasteiger partial charge is 0.236 e. The van der Waals surface area contributed by atoms with Gasteiger partial charge in [-0.25, -0.2) is 8.78 Å². The van der Waals surface area contributed by atoms with Crippen LogP contribution in [0.1, 0.15) is 16.7 Å². The number of hydrogen-bond acceptors (Lipinski definition) is 0. The number of aryl methyl sites for hydroxylation is 3. The normalized spacial score (nSPS) is 10.1. The smallest absolute Gasteiger partial charge is 0.129 e. The molecule has 0 bridgehead atoms. The molecule has 0 nitrogen and oxygen atoms in total. The van der Waals surface area contributed by atoms with Gasteiger partial charge in [-0.3, -0.25) is 0 Å². The van der Waals surface area contributed by atoms with Crippen molar-refractivity contribution in [3.05, 3.63) is 58.7 Å². The van der Waals surface area contributed by atoms with Crippen molar-refractivity contribution in [2.75, 3.05) is 0 Å². The molecule has 2 rings (SSSR count). The molecule has 0 saturated carbocycles.